The van der Waals surface area contributed by atoms with Crippen molar-refractivity contribution in [2.45, 2.75) is 37.4 Å². The van der Waals surface area contributed by atoms with E-state index >= 15 is 0 Å². The van der Waals surface area contributed by atoms with Gasteiger partial charge in [0.25, 0.3) is 0 Å². The molecule has 112 valence electrons. The highest BCUT2D eigenvalue weighted by molar-refractivity contribution is 8.00. The summed E-state index contributed by atoms with van der Waals surface area (Å²) in [5.74, 6) is 0.0608. The Morgan fingerprint density at radius 2 is 2.05 bits per heavy atom. The van der Waals surface area contributed by atoms with E-state index in [1.807, 2.05) is 13.8 Å². The van der Waals surface area contributed by atoms with Crippen molar-refractivity contribution in [2.75, 3.05) is 6.54 Å². The quantitative estimate of drug-likeness (QED) is 0.671. The summed E-state index contributed by atoms with van der Waals surface area (Å²) in [5.41, 5.74) is -1.01. The second-order valence-electron chi connectivity index (χ2n) is 4.62. The van der Waals surface area contributed by atoms with Gasteiger partial charge in [0, 0.05) is 12.7 Å². The molecule has 0 aromatic carbocycles. The van der Waals surface area contributed by atoms with Crippen LogP contribution in [0.3, 0.4) is 0 Å². The number of nitrogens with one attached hydrogen (secondary N) is 1. The molecule has 1 aromatic heterocycles. The van der Waals surface area contributed by atoms with Crippen molar-refractivity contribution in [1.82, 2.24) is 15.3 Å². The summed E-state index contributed by atoms with van der Waals surface area (Å²) >= 11 is 0.899. The van der Waals surface area contributed by atoms with Crippen LogP contribution in [0, 0.1) is 5.92 Å². The Bertz CT molecular complexity index is 466. The van der Waals surface area contributed by atoms with Crippen molar-refractivity contribution in [1.29, 1.82) is 0 Å². The lowest BCUT2D eigenvalue weighted by Gasteiger charge is -2.13. The minimum atomic E-state index is -4.51. The van der Waals surface area contributed by atoms with Gasteiger partial charge in [-0.3, -0.25) is 4.79 Å². The third kappa shape index (κ3) is 5.36. The summed E-state index contributed by atoms with van der Waals surface area (Å²) in [6, 6.07) is 0.799. The van der Waals surface area contributed by atoms with Gasteiger partial charge in [-0.1, -0.05) is 25.6 Å². The summed E-state index contributed by atoms with van der Waals surface area (Å²) < 4.78 is 37.5. The monoisotopic (exact) mass is 307 g/mol. The number of carbonyl (C=O) groups is 1. The van der Waals surface area contributed by atoms with Crippen LogP contribution >= 0.6 is 11.8 Å². The number of rotatable bonds is 5. The van der Waals surface area contributed by atoms with Gasteiger partial charge in [-0.25, -0.2) is 9.97 Å². The van der Waals surface area contributed by atoms with Crippen molar-refractivity contribution in [3.8, 4) is 0 Å². The molecule has 0 bridgehead atoms. The summed E-state index contributed by atoms with van der Waals surface area (Å²) in [4.78, 5) is 18.9. The Balaban J connectivity index is 2.66. The minimum Gasteiger partial charge on any atom is -0.355 e. The van der Waals surface area contributed by atoms with Gasteiger partial charge in [0.2, 0.25) is 5.91 Å². The number of nitrogens with zero attached hydrogens (tertiary/aromatic N) is 2. The summed E-state index contributed by atoms with van der Waals surface area (Å²) in [5, 5.41) is 2.09. The molecule has 0 fully saturated rings. The van der Waals surface area contributed by atoms with E-state index < -0.39 is 17.1 Å². The van der Waals surface area contributed by atoms with E-state index in [-0.39, 0.29) is 11.1 Å². The van der Waals surface area contributed by atoms with E-state index in [9.17, 15) is 18.0 Å². The van der Waals surface area contributed by atoms with Crippen LogP contribution in [-0.4, -0.2) is 27.7 Å². The Morgan fingerprint density at radius 1 is 1.40 bits per heavy atom. The Hall–Kier alpha value is -1.31. The molecule has 0 spiro atoms. The van der Waals surface area contributed by atoms with Crippen LogP contribution < -0.4 is 5.32 Å². The van der Waals surface area contributed by atoms with Gasteiger partial charge in [-0.05, 0) is 18.9 Å². The van der Waals surface area contributed by atoms with Crippen molar-refractivity contribution in [3.63, 3.8) is 0 Å². The average molecular weight is 307 g/mol. The van der Waals surface area contributed by atoms with Crippen molar-refractivity contribution < 1.29 is 18.0 Å². The maximum atomic E-state index is 12.5. The lowest BCUT2D eigenvalue weighted by Crippen LogP contribution is -2.33. The Labute approximate surface area is 119 Å². The van der Waals surface area contributed by atoms with Gasteiger partial charge in [0.1, 0.15) is 5.69 Å². The van der Waals surface area contributed by atoms with Crippen molar-refractivity contribution in [2.24, 2.45) is 5.92 Å². The van der Waals surface area contributed by atoms with Crippen LogP contribution in [0.2, 0.25) is 0 Å². The third-order valence-corrected chi connectivity index (χ3v) is 3.24. The molecule has 4 nitrogen and oxygen atoms in total. The first-order valence-corrected chi connectivity index (χ1v) is 6.92. The number of hydrogen-bond donors (Lipinski definition) is 1. The number of aromatic nitrogens is 2. The van der Waals surface area contributed by atoms with Crippen LogP contribution in [0.1, 0.15) is 26.5 Å². The molecule has 1 amide bonds. The third-order valence-electron chi connectivity index (χ3n) is 2.26. The lowest BCUT2D eigenvalue weighted by atomic mass is 10.2. The summed E-state index contributed by atoms with van der Waals surface area (Å²) in [6.07, 6.45) is -3.47. The van der Waals surface area contributed by atoms with Gasteiger partial charge < -0.3 is 5.32 Å². The fraction of sp³-hybridized carbons (Fsp3) is 0.583. The summed E-state index contributed by atoms with van der Waals surface area (Å²) in [6.45, 7) is 6.03. The molecule has 0 radical (unpaired) electrons. The second-order valence-corrected chi connectivity index (χ2v) is 5.93. The topological polar surface area (TPSA) is 54.9 Å². The molecule has 20 heavy (non-hydrogen) atoms. The van der Waals surface area contributed by atoms with Gasteiger partial charge in [-0.2, -0.15) is 13.2 Å². The zero-order valence-electron chi connectivity index (χ0n) is 11.4. The lowest BCUT2D eigenvalue weighted by molar-refractivity contribution is -0.141. The predicted molar refractivity (Wildman–Crippen MR) is 70.2 cm³/mol. The fourth-order valence-electron chi connectivity index (χ4n) is 1.22. The standard InChI is InChI=1S/C12H16F3N3OS/c1-7(2)6-17-10(19)8(3)20-11-16-5-4-9(18-11)12(13,14)15/h4-5,7-8H,6H2,1-3H3,(H,17,19). The van der Waals surface area contributed by atoms with Crippen LogP contribution in [0.15, 0.2) is 17.4 Å². The van der Waals surface area contributed by atoms with E-state index in [1.165, 1.54) is 0 Å². The molecule has 0 aliphatic carbocycles. The molecule has 0 saturated heterocycles. The molecule has 1 atom stereocenters. The van der Waals surface area contributed by atoms with Gasteiger partial charge in [-0.15, -0.1) is 0 Å². The number of halogens is 3. The van der Waals surface area contributed by atoms with E-state index in [4.69, 9.17) is 0 Å². The van der Waals surface area contributed by atoms with Gasteiger partial charge >= 0.3 is 6.18 Å². The zero-order valence-corrected chi connectivity index (χ0v) is 12.2. The van der Waals surface area contributed by atoms with Crippen molar-refractivity contribution in [3.05, 3.63) is 18.0 Å². The average Bonchev–Trinajstić information content (AvgIpc) is 2.35. The molecule has 0 aliphatic heterocycles. The van der Waals surface area contributed by atoms with Crippen molar-refractivity contribution >= 4 is 17.7 Å². The number of alkyl halides is 3. The van der Waals surface area contributed by atoms with E-state index in [0.717, 1.165) is 24.0 Å². The van der Waals surface area contributed by atoms with E-state index in [0.29, 0.717) is 12.5 Å². The van der Waals surface area contributed by atoms with E-state index in [1.54, 1.807) is 6.92 Å². The number of hydrogen-bond acceptors (Lipinski definition) is 4. The highest BCUT2D eigenvalue weighted by Gasteiger charge is 2.33. The molecule has 8 heteroatoms. The largest absolute Gasteiger partial charge is 0.433 e. The molecule has 1 aromatic rings. The fourth-order valence-corrected chi connectivity index (χ4v) is 1.99. The molecule has 0 aliphatic rings. The Kier molecular flexibility index (Phi) is 5.79. The number of carbonyl (C=O) groups excluding carboxylic acids is 1. The Morgan fingerprint density at radius 3 is 2.60 bits per heavy atom. The molecule has 1 N–H and O–H groups in total. The first-order chi connectivity index (χ1) is 9.20. The van der Waals surface area contributed by atoms with Crippen LogP contribution in [0.4, 0.5) is 13.2 Å². The molecular formula is C12H16F3N3OS. The first kappa shape index (κ1) is 16.7. The zero-order chi connectivity index (χ0) is 15.3. The molecule has 0 saturated carbocycles. The molecule has 1 unspecified atom stereocenters. The SMILES string of the molecule is CC(C)CNC(=O)C(C)Sc1nccc(C(F)(F)F)n1. The first-order valence-electron chi connectivity index (χ1n) is 6.04. The molecule has 1 heterocycles. The maximum absolute atomic E-state index is 12.5. The molecule has 1 rings (SSSR count). The maximum Gasteiger partial charge on any atom is 0.433 e. The van der Waals surface area contributed by atoms with E-state index in [2.05, 4.69) is 15.3 Å². The van der Waals surface area contributed by atoms with Gasteiger partial charge in [0.05, 0.1) is 5.25 Å². The van der Waals surface area contributed by atoms with Crippen LogP contribution in [0.5, 0.6) is 0 Å². The summed E-state index contributed by atoms with van der Waals surface area (Å²) in [7, 11) is 0. The van der Waals surface area contributed by atoms with Crippen LogP contribution in [-0.2, 0) is 11.0 Å². The normalized spacial score (nSPS) is 13.3. The highest BCUT2D eigenvalue weighted by atomic mass is 32.2. The van der Waals surface area contributed by atoms with Gasteiger partial charge in [0.15, 0.2) is 5.16 Å². The highest BCUT2D eigenvalue weighted by Crippen LogP contribution is 2.29. The minimum absolute atomic E-state index is 0.0629. The second kappa shape index (κ2) is 6.92. The predicted octanol–water partition coefficient (Wildman–Crippen LogP) is 2.75. The smallest absolute Gasteiger partial charge is 0.355 e. The molecular weight excluding hydrogens is 291 g/mol. The number of thioether (sulfide) groups is 1. The number of amides is 1. The van der Waals surface area contributed by atoms with Crippen LogP contribution in [0.25, 0.3) is 0 Å².